The lowest BCUT2D eigenvalue weighted by Crippen LogP contribution is -2.39. The molecule has 0 bridgehead atoms. The van der Waals surface area contributed by atoms with Gasteiger partial charge in [-0.15, -0.1) is 6.58 Å². The molecule has 0 aromatic heterocycles. The maximum Gasteiger partial charge on any atom is 0.142 e. The number of allylic oxidation sites excluding steroid dienone is 7. The van der Waals surface area contributed by atoms with E-state index in [2.05, 4.69) is 49.6 Å². The van der Waals surface area contributed by atoms with Gasteiger partial charge < -0.3 is 9.47 Å². The molecule has 1 aliphatic carbocycles. The minimum Gasteiger partial charge on any atom is -0.496 e. The van der Waals surface area contributed by atoms with Gasteiger partial charge in [0.25, 0.3) is 0 Å². The summed E-state index contributed by atoms with van der Waals surface area (Å²) in [6.07, 6.45) is 16.9. The van der Waals surface area contributed by atoms with Gasteiger partial charge in [-0.25, -0.2) is 0 Å². The zero-order valence-corrected chi connectivity index (χ0v) is 17.4. The molecule has 2 aliphatic rings. The van der Waals surface area contributed by atoms with Gasteiger partial charge in [-0.2, -0.15) is 5.26 Å². The van der Waals surface area contributed by atoms with Crippen LogP contribution in [0.3, 0.4) is 0 Å². The summed E-state index contributed by atoms with van der Waals surface area (Å²) in [6.45, 7) is 9.52. The number of ether oxygens (including phenoxy) is 2. The molecule has 0 spiro atoms. The molecule has 1 heterocycles. The van der Waals surface area contributed by atoms with Gasteiger partial charge in [-0.05, 0) is 44.3 Å². The lowest BCUT2D eigenvalue weighted by molar-refractivity contribution is 0.0292. The first-order chi connectivity index (χ1) is 13.6. The summed E-state index contributed by atoms with van der Waals surface area (Å²) < 4.78 is 11.4. The second-order valence-electron chi connectivity index (χ2n) is 7.11. The molecule has 0 saturated heterocycles. The summed E-state index contributed by atoms with van der Waals surface area (Å²) in [5, 5.41) is 9.48. The predicted octanol–water partition coefficient (Wildman–Crippen LogP) is 5.55. The molecule has 0 saturated carbocycles. The average Bonchev–Trinajstić information content (AvgIpc) is 2.73. The van der Waals surface area contributed by atoms with E-state index in [1.807, 2.05) is 12.2 Å². The van der Waals surface area contributed by atoms with Gasteiger partial charge in [-0.3, -0.25) is 4.90 Å². The van der Waals surface area contributed by atoms with Crippen molar-refractivity contribution in [1.29, 1.82) is 5.26 Å². The van der Waals surface area contributed by atoms with E-state index in [-0.39, 0.29) is 6.04 Å². The topological polar surface area (TPSA) is 45.5 Å². The third kappa shape index (κ3) is 6.00. The van der Waals surface area contributed by atoms with E-state index in [0.717, 1.165) is 38.0 Å². The predicted molar refractivity (Wildman–Crippen MR) is 114 cm³/mol. The van der Waals surface area contributed by atoms with Crippen LogP contribution < -0.4 is 0 Å². The van der Waals surface area contributed by atoms with Crippen molar-refractivity contribution in [1.82, 2.24) is 4.90 Å². The van der Waals surface area contributed by atoms with Crippen LogP contribution in [0.25, 0.3) is 0 Å². The second-order valence-corrected chi connectivity index (χ2v) is 7.11. The normalized spacial score (nSPS) is 19.6. The van der Waals surface area contributed by atoms with Crippen molar-refractivity contribution in [3.63, 3.8) is 0 Å². The van der Waals surface area contributed by atoms with Crippen LogP contribution >= 0.6 is 0 Å². The summed E-state index contributed by atoms with van der Waals surface area (Å²) >= 11 is 0. The molecular formula is C24H32N2O2. The number of hydrogen-bond acceptors (Lipinski definition) is 4. The highest BCUT2D eigenvalue weighted by atomic mass is 16.5. The van der Waals surface area contributed by atoms with Crippen molar-refractivity contribution < 1.29 is 9.47 Å². The van der Waals surface area contributed by atoms with E-state index in [4.69, 9.17) is 9.47 Å². The molecule has 0 amide bonds. The Morgan fingerprint density at radius 1 is 1.43 bits per heavy atom. The Bertz CT molecular complexity index is 747. The lowest BCUT2D eigenvalue weighted by Gasteiger charge is -2.35. The van der Waals surface area contributed by atoms with Crippen molar-refractivity contribution in [2.24, 2.45) is 0 Å². The number of nitrogens with zero attached hydrogens (tertiary/aromatic N) is 2. The maximum absolute atomic E-state index is 9.48. The molecule has 1 atom stereocenters. The first-order valence-electron chi connectivity index (χ1n) is 10.0. The zero-order valence-electron chi connectivity index (χ0n) is 17.4. The Morgan fingerprint density at radius 2 is 2.25 bits per heavy atom. The molecule has 150 valence electrons. The van der Waals surface area contributed by atoms with Crippen LogP contribution in [0.1, 0.15) is 46.0 Å². The minimum atomic E-state index is 0.264. The van der Waals surface area contributed by atoms with Gasteiger partial charge in [-0.1, -0.05) is 37.3 Å². The van der Waals surface area contributed by atoms with Crippen LogP contribution in [0.2, 0.25) is 0 Å². The van der Waals surface area contributed by atoms with Crippen molar-refractivity contribution in [2.45, 2.75) is 52.0 Å². The van der Waals surface area contributed by atoms with E-state index >= 15 is 0 Å². The molecule has 0 aromatic rings. The van der Waals surface area contributed by atoms with E-state index in [9.17, 15) is 5.26 Å². The van der Waals surface area contributed by atoms with Crippen LogP contribution in [0.5, 0.6) is 0 Å². The Kier molecular flexibility index (Phi) is 8.84. The van der Waals surface area contributed by atoms with Gasteiger partial charge in [0.2, 0.25) is 0 Å². The van der Waals surface area contributed by atoms with E-state index in [0.29, 0.717) is 24.5 Å². The van der Waals surface area contributed by atoms with Crippen molar-refractivity contribution >= 4 is 0 Å². The Labute approximate surface area is 169 Å². The zero-order chi connectivity index (χ0) is 20.4. The molecule has 0 N–H and O–H groups in total. The Morgan fingerprint density at radius 3 is 2.93 bits per heavy atom. The number of hydrogen-bond donors (Lipinski definition) is 0. The van der Waals surface area contributed by atoms with Crippen molar-refractivity contribution in [2.75, 3.05) is 20.4 Å². The first kappa shape index (κ1) is 21.8. The van der Waals surface area contributed by atoms with Gasteiger partial charge in [0.05, 0.1) is 12.7 Å². The molecule has 1 aliphatic heterocycles. The summed E-state index contributed by atoms with van der Waals surface area (Å²) in [4.78, 5) is 2.31. The maximum atomic E-state index is 9.48. The number of rotatable bonds is 9. The Balaban J connectivity index is 2.04. The van der Waals surface area contributed by atoms with Gasteiger partial charge >= 0.3 is 0 Å². The average molecular weight is 381 g/mol. The van der Waals surface area contributed by atoms with Crippen LogP contribution in [0, 0.1) is 11.3 Å². The summed E-state index contributed by atoms with van der Waals surface area (Å²) in [7, 11) is 1.59. The highest BCUT2D eigenvalue weighted by Crippen LogP contribution is 2.30. The highest BCUT2D eigenvalue weighted by Gasteiger charge is 2.24. The third-order valence-electron chi connectivity index (χ3n) is 5.07. The van der Waals surface area contributed by atoms with Gasteiger partial charge in [0.15, 0.2) is 0 Å². The number of methoxy groups -OCH3 is 1. The van der Waals surface area contributed by atoms with E-state index < -0.39 is 0 Å². The fraction of sp³-hybridized carbons (Fsp3) is 0.458. The minimum absolute atomic E-state index is 0.264. The molecule has 28 heavy (non-hydrogen) atoms. The fourth-order valence-electron chi connectivity index (χ4n) is 3.34. The monoisotopic (exact) mass is 380 g/mol. The van der Waals surface area contributed by atoms with E-state index in [1.54, 1.807) is 13.2 Å². The molecule has 0 aromatic carbocycles. The lowest BCUT2D eigenvalue weighted by atomic mass is 9.95. The SMILES string of the molecule is C=CC/C=C(OC)\C(C#N)=C/C[C@H](C)N1COC2=C(C=C(/C=C/CC)CC2)C1. The number of nitriles is 1. The van der Waals surface area contributed by atoms with Crippen molar-refractivity contribution in [3.8, 4) is 6.07 Å². The summed E-state index contributed by atoms with van der Waals surface area (Å²) in [5.74, 6) is 1.75. The molecule has 4 heteroatoms. The standard InChI is InChI=1S/C24H32N2O2/c1-5-7-9-20-12-14-24-22(15-20)17-26(18-28-24)19(3)11-13-21(16-25)23(27-4)10-8-6-2/h6-7,9-10,13,15,19H,2,5,8,11-12,14,17-18H2,1,3-4H3/b9-7+,21-13-,23-10+/t19-/m0/s1. The second kappa shape index (κ2) is 11.4. The van der Waals surface area contributed by atoms with Crippen molar-refractivity contribution in [3.05, 3.63) is 71.3 Å². The largest absolute Gasteiger partial charge is 0.496 e. The molecule has 0 radical (unpaired) electrons. The van der Waals surface area contributed by atoms with Gasteiger partial charge in [0.1, 0.15) is 24.3 Å². The third-order valence-corrected chi connectivity index (χ3v) is 5.07. The quantitative estimate of drug-likeness (QED) is 0.228. The summed E-state index contributed by atoms with van der Waals surface area (Å²) in [5.41, 5.74) is 3.23. The van der Waals surface area contributed by atoms with E-state index in [1.165, 1.54) is 11.1 Å². The fourth-order valence-corrected chi connectivity index (χ4v) is 3.34. The highest BCUT2D eigenvalue weighted by molar-refractivity contribution is 5.39. The molecule has 4 nitrogen and oxygen atoms in total. The first-order valence-corrected chi connectivity index (χ1v) is 10.0. The summed E-state index contributed by atoms with van der Waals surface area (Å²) in [6, 6.07) is 2.51. The molecule has 0 fully saturated rings. The molecular weight excluding hydrogens is 348 g/mol. The molecule has 0 unspecified atom stereocenters. The smallest absolute Gasteiger partial charge is 0.142 e. The van der Waals surface area contributed by atoms with Crippen LogP contribution in [-0.2, 0) is 9.47 Å². The Hall–Kier alpha value is -2.51. The van der Waals surface area contributed by atoms with Crippen LogP contribution in [0.4, 0.5) is 0 Å². The van der Waals surface area contributed by atoms with Crippen LogP contribution in [0.15, 0.2) is 71.3 Å². The van der Waals surface area contributed by atoms with Crippen LogP contribution in [-0.4, -0.2) is 31.3 Å². The molecule has 2 rings (SSSR count). The van der Waals surface area contributed by atoms with Gasteiger partial charge in [0, 0.05) is 24.6 Å².